The fourth-order valence-corrected chi connectivity index (χ4v) is 7.67. The molecule has 1 saturated heterocycles. The lowest BCUT2D eigenvalue weighted by molar-refractivity contribution is -0.0540. The Morgan fingerprint density at radius 1 is 1.00 bits per heavy atom. The summed E-state index contributed by atoms with van der Waals surface area (Å²) in [6, 6.07) is 0. The van der Waals surface area contributed by atoms with Crippen molar-refractivity contribution in [3.05, 3.63) is 10.4 Å². The number of aromatic amines is 1. The first kappa shape index (κ1) is 33.3. The second-order valence-electron chi connectivity index (χ2n) is 8.37. The van der Waals surface area contributed by atoms with E-state index in [0.29, 0.717) is 12.3 Å². The highest BCUT2D eigenvalue weighted by Gasteiger charge is 2.47. The molecular formula is C16H29N6O14P3S. The molecule has 2 aromatic heterocycles. The Bertz CT molecular complexity index is 1390. The van der Waals surface area contributed by atoms with Gasteiger partial charge in [-0.1, -0.05) is 24.6 Å². The smallest absolute Gasteiger partial charge is 0.387 e. The maximum atomic E-state index is 12.4. The zero-order chi connectivity index (χ0) is 29.9. The third-order valence-corrected chi connectivity index (χ3v) is 10.1. The maximum Gasteiger partial charge on any atom is 0.490 e. The molecule has 1 fully saturated rings. The van der Waals surface area contributed by atoms with Gasteiger partial charge in [-0.15, -0.1) is 0 Å². The number of nitrogen functional groups attached to an aromatic ring is 1. The Balaban J connectivity index is 1.79. The van der Waals surface area contributed by atoms with E-state index in [1.54, 1.807) is 0 Å². The van der Waals surface area contributed by atoms with Crippen LogP contribution in [-0.4, -0.2) is 86.5 Å². The third kappa shape index (κ3) is 8.87. The number of hydrogen-bond donors (Lipinski definition) is 9. The van der Waals surface area contributed by atoms with Gasteiger partial charge in [0.15, 0.2) is 22.5 Å². The number of fused-ring (bicyclic) bond motifs is 1. The number of anilines is 1. The van der Waals surface area contributed by atoms with E-state index < -0.39 is 60.2 Å². The van der Waals surface area contributed by atoms with E-state index in [2.05, 4.69) is 28.1 Å². The van der Waals surface area contributed by atoms with Crippen molar-refractivity contribution < 1.29 is 61.4 Å². The molecule has 2 aromatic rings. The van der Waals surface area contributed by atoms with Gasteiger partial charge in [0.2, 0.25) is 5.95 Å². The topological polar surface area (TPSA) is 325 Å². The number of H-pyrrole nitrogens is 1. The number of hydrogen-bond acceptors (Lipinski definition) is 15. The predicted octanol–water partition coefficient (Wildman–Crippen LogP) is -0.724. The quantitative estimate of drug-likeness (QED) is 0.0649. The molecule has 6 atom stereocenters. The number of aliphatic hydroxyl groups excluding tert-OH is 2. The van der Waals surface area contributed by atoms with Crippen molar-refractivity contribution in [3.8, 4) is 0 Å². The number of phosphoric ester groups is 1. The summed E-state index contributed by atoms with van der Waals surface area (Å²) >= 11 is 1.21. The van der Waals surface area contributed by atoms with Crippen LogP contribution >= 0.6 is 35.2 Å². The Labute approximate surface area is 229 Å². The molecule has 24 heteroatoms. The van der Waals surface area contributed by atoms with Gasteiger partial charge in [-0.2, -0.15) is 13.6 Å². The van der Waals surface area contributed by atoms with Crippen LogP contribution in [0.1, 0.15) is 31.9 Å². The highest BCUT2D eigenvalue weighted by Crippen LogP contribution is 2.66. The lowest BCUT2D eigenvalue weighted by Gasteiger charge is -2.20. The minimum atomic E-state index is -5.77. The van der Waals surface area contributed by atoms with E-state index in [0.717, 1.165) is 25.7 Å². The number of rotatable bonds is 15. The zero-order valence-electron chi connectivity index (χ0n) is 20.5. The number of aliphatic hydroxyl groups is 2. The molecule has 1 aliphatic rings. The van der Waals surface area contributed by atoms with Gasteiger partial charge in [-0.05, 0) is 19.4 Å². The predicted molar refractivity (Wildman–Crippen MR) is 137 cm³/mol. The van der Waals surface area contributed by atoms with Gasteiger partial charge < -0.3 is 46.0 Å². The summed E-state index contributed by atoms with van der Waals surface area (Å²) in [7, 11) is -16.9. The molecule has 3 heterocycles. The van der Waals surface area contributed by atoms with E-state index in [4.69, 9.17) is 26.0 Å². The molecule has 3 rings (SSSR count). The summed E-state index contributed by atoms with van der Waals surface area (Å²) in [5.74, 6) is 0.275. The zero-order valence-corrected chi connectivity index (χ0v) is 24.0. The first-order chi connectivity index (χ1) is 18.5. The van der Waals surface area contributed by atoms with Crippen molar-refractivity contribution in [2.24, 2.45) is 5.73 Å². The lowest BCUT2D eigenvalue weighted by atomic mass is 10.1. The number of thioether (sulfide) groups is 1. The summed E-state index contributed by atoms with van der Waals surface area (Å²) in [6.45, 7) is -0.452. The van der Waals surface area contributed by atoms with E-state index in [1.807, 2.05) is 0 Å². The van der Waals surface area contributed by atoms with Gasteiger partial charge in [0.05, 0.1) is 6.61 Å². The van der Waals surface area contributed by atoms with Gasteiger partial charge in [-0.3, -0.25) is 18.9 Å². The summed E-state index contributed by atoms with van der Waals surface area (Å²) < 4.78 is 52.9. The fraction of sp³-hybridized carbons (Fsp3) is 0.688. The largest absolute Gasteiger partial charge is 0.490 e. The van der Waals surface area contributed by atoms with Crippen molar-refractivity contribution in [1.82, 2.24) is 19.5 Å². The second kappa shape index (κ2) is 13.4. The van der Waals surface area contributed by atoms with Crippen LogP contribution < -0.4 is 17.0 Å². The summed E-state index contributed by atoms with van der Waals surface area (Å²) in [5, 5.41) is 21.4. The molecule has 11 N–H and O–H groups in total. The van der Waals surface area contributed by atoms with E-state index in [-0.39, 0.29) is 22.3 Å². The molecule has 6 unspecified atom stereocenters. The Morgan fingerprint density at radius 2 is 1.68 bits per heavy atom. The van der Waals surface area contributed by atoms with Gasteiger partial charge in [0.1, 0.15) is 18.3 Å². The molecule has 0 bridgehead atoms. The molecule has 0 saturated carbocycles. The van der Waals surface area contributed by atoms with Crippen molar-refractivity contribution in [3.63, 3.8) is 0 Å². The first-order valence-electron chi connectivity index (χ1n) is 11.4. The summed E-state index contributed by atoms with van der Waals surface area (Å²) in [5.41, 5.74) is 10.3. The number of nitrogens with zero attached hydrogens (tertiary/aromatic N) is 3. The minimum absolute atomic E-state index is 0.0864. The molecule has 0 radical (unpaired) electrons. The van der Waals surface area contributed by atoms with Crippen molar-refractivity contribution >= 4 is 52.3 Å². The third-order valence-electron chi connectivity index (χ3n) is 5.28. The molecular weight excluding hydrogens is 625 g/mol. The highest BCUT2D eigenvalue weighted by molar-refractivity contribution is 7.99. The number of aromatic nitrogens is 4. The fourth-order valence-electron chi connectivity index (χ4n) is 3.63. The molecule has 0 spiro atoms. The molecule has 0 aromatic carbocycles. The van der Waals surface area contributed by atoms with Crippen molar-refractivity contribution in [1.29, 1.82) is 0 Å². The van der Waals surface area contributed by atoms with Crippen LogP contribution in [0.2, 0.25) is 0 Å². The van der Waals surface area contributed by atoms with Crippen molar-refractivity contribution in [2.45, 2.75) is 55.4 Å². The van der Waals surface area contributed by atoms with Gasteiger partial charge in [0, 0.05) is 5.75 Å². The highest BCUT2D eigenvalue weighted by atomic mass is 32.2. The van der Waals surface area contributed by atoms with Crippen LogP contribution in [0.4, 0.5) is 5.95 Å². The van der Waals surface area contributed by atoms with Crippen LogP contribution in [0.5, 0.6) is 0 Å². The van der Waals surface area contributed by atoms with Crippen LogP contribution in [-0.2, 0) is 31.6 Å². The molecule has 40 heavy (non-hydrogen) atoms. The molecule has 0 amide bonds. The minimum Gasteiger partial charge on any atom is -0.387 e. The van der Waals surface area contributed by atoms with Crippen LogP contribution in [0.25, 0.3) is 11.2 Å². The van der Waals surface area contributed by atoms with Crippen molar-refractivity contribution in [2.75, 3.05) is 24.6 Å². The van der Waals surface area contributed by atoms with Gasteiger partial charge in [-0.25, -0.2) is 18.7 Å². The van der Waals surface area contributed by atoms with Gasteiger partial charge in [0.25, 0.3) is 5.56 Å². The Kier molecular flexibility index (Phi) is 11.1. The number of ether oxygens (including phenoxy) is 1. The number of imidazole rings is 1. The van der Waals surface area contributed by atoms with Crippen LogP contribution in [0.15, 0.2) is 9.95 Å². The van der Waals surface area contributed by atoms with Gasteiger partial charge >= 0.3 is 23.5 Å². The number of nitrogens with two attached hydrogens (primary N) is 2. The van der Waals surface area contributed by atoms with E-state index in [1.165, 1.54) is 16.3 Å². The SMILES string of the molecule is NCCCCCCSc1nc2c(=O)[nH]c(N)nc2n1C1OC(COP(=O)(O)OP(=O)(O)OP(=O)(O)O)C(O)C1O. The average Bonchev–Trinajstić information content (AvgIpc) is 3.29. The standard InChI is InChI=1S/C16H29N6O14P3S/c17-5-3-1-2-4-6-40-16-19-9-12(20-15(18)21-13(9)25)22(16)14-11(24)10(23)8(34-14)7-33-38(29,30)36-39(31,32)35-37(26,27)28/h8,10-11,14,23-24H,1-7,17H2,(H,29,30)(H,31,32)(H2,26,27,28)(H3,18,20,21,25). The van der Waals surface area contributed by atoms with Crippen LogP contribution in [0, 0.1) is 0 Å². The monoisotopic (exact) mass is 654 g/mol. The normalized spacial score (nSPS) is 24.8. The second-order valence-corrected chi connectivity index (χ2v) is 13.9. The molecule has 20 nitrogen and oxygen atoms in total. The molecule has 228 valence electrons. The van der Waals surface area contributed by atoms with E-state index in [9.17, 15) is 38.5 Å². The Hall–Kier alpha value is -1.25. The number of phosphoric acid groups is 3. The van der Waals surface area contributed by atoms with E-state index >= 15 is 0 Å². The first-order valence-corrected chi connectivity index (χ1v) is 16.9. The average molecular weight is 654 g/mol. The molecule has 1 aliphatic heterocycles. The lowest BCUT2D eigenvalue weighted by Crippen LogP contribution is -2.33. The maximum absolute atomic E-state index is 12.4. The number of unbranched alkanes of at least 4 members (excludes halogenated alkanes) is 3. The summed E-state index contributed by atoms with van der Waals surface area (Å²) in [6.07, 6.45) is -3.10. The van der Waals surface area contributed by atoms with Crippen LogP contribution in [0.3, 0.4) is 0 Å². The summed E-state index contributed by atoms with van der Waals surface area (Å²) in [4.78, 5) is 59.2. The number of nitrogens with one attached hydrogen (secondary N) is 1. The molecule has 0 aliphatic carbocycles. The Morgan fingerprint density at radius 3 is 2.33 bits per heavy atom.